The Hall–Kier alpha value is -2.89. The summed E-state index contributed by atoms with van der Waals surface area (Å²) in [7, 11) is 0. The van der Waals surface area contributed by atoms with Crippen LogP contribution < -0.4 is 11.1 Å². The van der Waals surface area contributed by atoms with E-state index in [2.05, 4.69) is 10.3 Å². The highest BCUT2D eigenvalue weighted by atomic mass is 16.4. The van der Waals surface area contributed by atoms with Gasteiger partial charge in [0.25, 0.3) is 5.91 Å². The summed E-state index contributed by atoms with van der Waals surface area (Å²) >= 11 is 0. The van der Waals surface area contributed by atoms with Gasteiger partial charge < -0.3 is 16.2 Å². The zero-order chi connectivity index (χ0) is 15.4. The summed E-state index contributed by atoms with van der Waals surface area (Å²) in [6.45, 7) is 1.78. The van der Waals surface area contributed by atoms with Crippen molar-refractivity contribution in [3.63, 3.8) is 0 Å². The number of aromatic nitrogens is 1. The lowest BCUT2D eigenvalue weighted by molar-refractivity contribution is -0.136. The van der Waals surface area contributed by atoms with Gasteiger partial charge in [-0.1, -0.05) is 6.07 Å². The highest BCUT2D eigenvalue weighted by Crippen LogP contribution is 2.17. The third-order valence-corrected chi connectivity index (χ3v) is 3.04. The average molecular weight is 285 g/mol. The molecule has 108 valence electrons. The Bertz CT molecular complexity index is 681. The number of nitrogens with two attached hydrogens (primary N) is 1. The number of aliphatic carboxylic acids is 1. The number of nitrogens with zero attached hydrogens (tertiary/aromatic N) is 1. The highest BCUT2D eigenvalue weighted by molar-refractivity contribution is 6.05. The summed E-state index contributed by atoms with van der Waals surface area (Å²) in [4.78, 5) is 26.7. The van der Waals surface area contributed by atoms with Gasteiger partial charge in [0.2, 0.25) is 0 Å². The molecule has 21 heavy (non-hydrogen) atoms. The van der Waals surface area contributed by atoms with Gasteiger partial charge in [-0.25, -0.2) is 0 Å². The number of hydrogen-bond donors (Lipinski definition) is 3. The highest BCUT2D eigenvalue weighted by Gasteiger charge is 2.11. The summed E-state index contributed by atoms with van der Waals surface area (Å²) in [5.74, 6) is -1.23. The maximum absolute atomic E-state index is 12.2. The second-order valence-electron chi connectivity index (χ2n) is 4.58. The van der Waals surface area contributed by atoms with Gasteiger partial charge in [-0.15, -0.1) is 0 Å². The third kappa shape index (κ3) is 3.56. The van der Waals surface area contributed by atoms with Crippen LogP contribution in [-0.2, 0) is 11.2 Å². The minimum absolute atomic E-state index is 0.150. The number of carbonyl (C=O) groups excluding carboxylic acids is 1. The van der Waals surface area contributed by atoms with Gasteiger partial charge in [-0.3, -0.25) is 14.6 Å². The van der Waals surface area contributed by atoms with Crippen LogP contribution in [0.25, 0.3) is 0 Å². The molecule has 2 rings (SSSR count). The van der Waals surface area contributed by atoms with E-state index in [0.717, 1.165) is 0 Å². The molecule has 6 nitrogen and oxygen atoms in total. The standard InChI is InChI=1S/C15H15N3O3/c1-9-12(3-2-4-13(9)16)15(21)18-11-6-5-10(17-8-11)7-14(19)20/h2-6,8H,7,16H2,1H3,(H,18,21)(H,19,20). The fourth-order valence-electron chi connectivity index (χ4n) is 1.86. The van der Waals surface area contributed by atoms with Crippen molar-refractivity contribution in [1.82, 2.24) is 4.98 Å². The fraction of sp³-hybridized carbons (Fsp3) is 0.133. The number of rotatable bonds is 4. The number of carboxylic acid groups (broad SMARTS) is 1. The van der Waals surface area contributed by atoms with E-state index in [4.69, 9.17) is 10.8 Å². The van der Waals surface area contributed by atoms with Crippen LogP contribution in [0.15, 0.2) is 36.5 Å². The fourth-order valence-corrected chi connectivity index (χ4v) is 1.86. The topological polar surface area (TPSA) is 105 Å². The number of pyridine rings is 1. The van der Waals surface area contributed by atoms with Crippen LogP contribution in [0.4, 0.5) is 11.4 Å². The van der Waals surface area contributed by atoms with Gasteiger partial charge in [0, 0.05) is 11.3 Å². The lowest BCUT2D eigenvalue weighted by Gasteiger charge is -2.09. The van der Waals surface area contributed by atoms with Gasteiger partial charge in [0.1, 0.15) is 0 Å². The van der Waals surface area contributed by atoms with Crippen LogP contribution >= 0.6 is 0 Å². The molecule has 0 fully saturated rings. The maximum Gasteiger partial charge on any atom is 0.309 e. The predicted molar refractivity (Wildman–Crippen MR) is 79.1 cm³/mol. The first-order valence-corrected chi connectivity index (χ1v) is 6.30. The molecule has 0 unspecified atom stereocenters. The van der Waals surface area contributed by atoms with Crippen LogP contribution in [0, 0.1) is 6.92 Å². The van der Waals surface area contributed by atoms with Crippen molar-refractivity contribution < 1.29 is 14.7 Å². The molecule has 0 radical (unpaired) electrons. The first-order valence-electron chi connectivity index (χ1n) is 6.30. The molecule has 0 atom stereocenters. The van der Waals surface area contributed by atoms with Gasteiger partial charge in [0.05, 0.1) is 24.0 Å². The van der Waals surface area contributed by atoms with Crippen LogP contribution in [-0.4, -0.2) is 22.0 Å². The molecular weight excluding hydrogens is 270 g/mol. The van der Waals surface area contributed by atoms with Crippen molar-refractivity contribution in [2.24, 2.45) is 0 Å². The van der Waals surface area contributed by atoms with Crippen molar-refractivity contribution in [3.8, 4) is 0 Å². The first kappa shape index (κ1) is 14.5. The molecule has 6 heteroatoms. The lowest BCUT2D eigenvalue weighted by atomic mass is 10.1. The minimum atomic E-state index is -0.949. The molecule has 1 heterocycles. The molecule has 0 saturated carbocycles. The number of amides is 1. The molecule has 0 aliphatic heterocycles. The van der Waals surface area contributed by atoms with Gasteiger partial charge in [-0.2, -0.15) is 0 Å². The molecule has 0 aliphatic carbocycles. The SMILES string of the molecule is Cc1c(N)cccc1C(=O)Nc1ccc(CC(=O)O)nc1. The zero-order valence-electron chi connectivity index (χ0n) is 11.5. The van der Waals surface area contributed by atoms with E-state index in [1.54, 1.807) is 37.3 Å². The Labute approximate surface area is 121 Å². The van der Waals surface area contributed by atoms with Gasteiger partial charge >= 0.3 is 5.97 Å². The molecule has 1 aromatic carbocycles. The van der Waals surface area contributed by atoms with E-state index < -0.39 is 5.97 Å². The van der Waals surface area contributed by atoms with Crippen molar-refractivity contribution >= 4 is 23.3 Å². The van der Waals surface area contributed by atoms with Crippen molar-refractivity contribution in [2.75, 3.05) is 11.1 Å². The Morgan fingerprint density at radius 1 is 1.29 bits per heavy atom. The predicted octanol–water partition coefficient (Wildman–Crippen LogP) is 1.85. The Balaban J connectivity index is 2.12. The number of carbonyl (C=O) groups is 2. The van der Waals surface area contributed by atoms with Crippen LogP contribution in [0.1, 0.15) is 21.6 Å². The van der Waals surface area contributed by atoms with E-state index in [1.165, 1.54) is 6.20 Å². The number of benzene rings is 1. The molecule has 1 amide bonds. The van der Waals surface area contributed by atoms with Crippen molar-refractivity contribution in [1.29, 1.82) is 0 Å². The smallest absolute Gasteiger partial charge is 0.309 e. The minimum Gasteiger partial charge on any atom is -0.481 e. The molecule has 1 aromatic heterocycles. The molecular formula is C15H15N3O3. The van der Waals surface area contributed by atoms with E-state index in [1.807, 2.05) is 0 Å². The molecule has 0 saturated heterocycles. The Morgan fingerprint density at radius 2 is 2.05 bits per heavy atom. The number of nitrogens with one attached hydrogen (secondary N) is 1. The number of anilines is 2. The second-order valence-corrected chi connectivity index (χ2v) is 4.58. The number of carboxylic acids is 1. The average Bonchev–Trinajstić information content (AvgIpc) is 2.43. The summed E-state index contributed by atoms with van der Waals surface area (Å²) in [6.07, 6.45) is 1.28. The lowest BCUT2D eigenvalue weighted by Crippen LogP contribution is -2.14. The largest absolute Gasteiger partial charge is 0.481 e. The summed E-state index contributed by atoms with van der Waals surface area (Å²) in [5.41, 5.74) is 8.45. The molecule has 0 spiro atoms. The summed E-state index contributed by atoms with van der Waals surface area (Å²) in [6, 6.07) is 8.31. The molecule has 0 aliphatic rings. The van der Waals surface area contributed by atoms with Crippen LogP contribution in [0.3, 0.4) is 0 Å². The van der Waals surface area contributed by atoms with Crippen LogP contribution in [0.5, 0.6) is 0 Å². The number of hydrogen-bond acceptors (Lipinski definition) is 4. The van der Waals surface area contributed by atoms with Crippen LogP contribution in [0.2, 0.25) is 0 Å². The zero-order valence-corrected chi connectivity index (χ0v) is 11.5. The second kappa shape index (κ2) is 6.04. The normalized spacial score (nSPS) is 10.1. The van der Waals surface area contributed by atoms with Crippen molar-refractivity contribution in [3.05, 3.63) is 53.3 Å². The quantitative estimate of drug-likeness (QED) is 0.743. The molecule has 2 aromatic rings. The summed E-state index contributed by atoms with van der Waals surface area (Å²) in [5, 5.41) is 11.4. The first-order chi connectivity index (χ1) is 9.97. The van der Waals surface area contributed by atoms with Gasteiger partial charge in [-0.05, 0) is 36.8 Å². The Morgan fingerprint density at radius 3 is 2.67 bits per heavy atom. The van der Waals surface area contributed by atoms with Crippen molar-refractivity contribution in [2.45, 2.75) is 13.3 Å². The maximum atomic E-state index is 12.2. The summed E-state index contributed by atoms with van der Waals surface area (Å²) < 4.78 is 0. The van der Waals surface area contributed by atoms with Gasteiger partial charge in [0.15, 0.2) is 0 Å². The molecule has 0 bridgehead atoms. The third-order valence-electron chi connectivity index (χ3n) is 3.04. The monoisotopic (exact) mass is 285 g/mol. The van der Waals surface area contributed by atoms with E-state index in [0.29, 0.717) is 28.2 Å². The van der Waals surface area contributed by atoms with E-state index >= 15 is 0 Å². The van der Waals surface area contributed by atoms with E-state index in [-0.39, 0.29) is 12.3 Å². The van der Waals surface area contributed by atoms with E-state index in [9.17, 15) is 9.59 Å². The molecule has 4 N–H and O–H groups in total. The number of nitrogen functional groups attached to an aromatic ring is 1. The Kier molecular flexibility index (Phi) is 4.18.